The number of nitrogens with one attached hydrogen (secondary N) is 1. The first kappa shape index (κ1) is 14.2. The summed E-state index contributed by atoms with van der Waals surface area (Å²) in [6.45, 7) is 0.734. The molecule has 5 nitrogen and oxygen atoms in total. The van der Waals surface area contributed by atoms with Gasteiger partial charge in [0.1, 0.15) is 18.9 Å². The van der Waals surface area contributed by atoms with Gasteiger partial charge in [-0.15, -0.1) is 0 Å². The number of fused-ring (bicyclic) bond motifs is 1. The Bertz CT molecular complexity index is 778. The molecule has 1 aromatic heterocycles. The molecule has 21 heavy (non-hydrogen) atoms. The van der Waals surface area contributed by atoms with E-state index in [4.69, 9.17) is 16.3 Å². The van der Waals surface area contributed by atoms with Gasteiger partial charge in [0.05, 0.1) is 6.20 Å². The number of hydrogen-bond acceptors (Lipinski definition) is 3. The Hall–Kier alpha value is -1.79. The van der Waals surface area contributed by atoms with E-state index in [1.165, 1.54) is 0 Å². The molecule has 1 aromatic carbocycles. The van der Waals surface area contributed by atoms with E-state index in [9.17, 15) is 8.42 Å². The number of pyridine rings is 1. The van der Waals surface area contributed by atoms with Crippen LogP contribution in [-0.2, 0) is 23.2 Å². The highest BCUT2D eigenvalue weighted by Crippen LogP contribution is 2.24. The van der Waals surface area contributed by atoms with E-state index in [1.807, 2.05) is 35.0 Å². The third-order valence-corrected chi connectivity index (χ3v) is 4.63. The van der Waals surface area contributed by atoms with Gasteiger partial charge in [-0.2, -0.15) is 13.1 Å². The minimum absolute atomic E-state index is 0.0718. The van der Waals surface area contributed by atoms with Crippen LogP contribution in [0.3, 0.4) is 0 Å². The Labute approximate surface area is 128 Å². The number of aryl methyl sites for hydroxylation is 1. The van der Waals surface area contributed by atoms with Crippen molar-refractivity contribution in [3.8, 4) is 5.75 Å². The molecule has 3 rings (SSSR count). The van der Waals surface area contributed by atoms with Crippen molar-refractivity contribution < 1.29 is 17.7 Å². The molecule has 0 aliphatic carbocycles. The van der Waals surface area contributed by atoms with Crippen LogP contribution in [0.15, 0.2) is 42.6 Å². The lowest BCUT2D eigenvalue weighted by molar-refractivity contribution is -0.679. The molecule has 2 aromatic rings. The zero-order valence-corrected chi connectivity index (χ0v) is 12.7. The molecular weight excluding hydrogens is 312 g/mol. The summed E-state index contributed by atoms with van der Waals surface area (Å²) in [4.78, 5) is 0. The molecule has 0 amide bonds. The second-order valence-corrected chi connectivity index (χ2v) is 7.03. The lowest BCUT2D eigenvalue weighted by atomic mass is 10.2. The minimum atomic E-state index is -3.28. The highest BCUT2D eigenvalue weighted by Gasteiger charge is 2.30. The zero-order valence-electron chi connectivity index (χ0n) is 11.1. The van der Waals surface area contributed by atoms with E-state index in [0.29, 0.717) is 29.7 Å². The normalized spacial score (nSPS) is 15.9. The van der Waals surface area contributed by atoms with Crippen molar-refractivity contribution in [3.05, 3.63) is 53.2 Å². The van der Waals surface area contributed by atoms with Gasteiger partial charge in [0.25, 0.3) is 0 Å². The minimum Gasteiger partial charge on any atom is -0.481 e. The van der Waals surface area contributed by atoms with Gasteiger partial charge in [-0.05, 0) is 29.8 Å². The predicted octanol–water partition coefficient (Wildman–Crippen LogP) is 1.96. The van der Waals surface area contributed by atoms with E-state index in [0.717, 1.165) is 5.56 Å². The van der Waals surface area contributed by atoms with Gasteiger partial charge in [0.15, 0.2) is 0 Å². The number of sulfonamides is 1. The summed E-state index contributed by atoms with van der Waals surface area (Å²) in [7, 11) is -3.28. The summed E-state index contributed by atoms with van der Waals surface area (Å²) in [5, 5.41) is 0.640. The average molecular weight is 326 g/mol. The zero-order chi connectivity index (χ0) is 14.9. The van der Waals surface area contributed by atoms with E-state index in [1.54, 1.807) is 12.1 Å². The van der Waals surface area contributed by atoms with Crippen molar-refractivity contribution in [2.75, 3.05) is 10.5 Å². The summed E-state index contributed by atoms with van der Waals surface area (Å²) in [6.07, 6.45) is 1.82. The lowest BCUT2D eigenvalue weighted by Gasteiger charge is -2.15. The van der Waals surface area contributed by atoms with Crippen molar-refractivity contribution in [2.45, 2.75) is 13.2 Å². The molecular formula is C14H14ClN2O3S+. The van der Waals surface area contributed by atoms with Crippen LogP contribution in [0.5, 0.6) is 5.75 Å². The maximum absolute atomic E-state index is 11.7. The second kappa shape index (κ2) is 5.54. The van der Waals surface area contributed by atoms with Gasteiger partial charge in [-0.3, -0.25) is 0 Å². The monoisotopic (exact) mass is 325 g/mol. The molecule has 0 spiro atoms. The molecule has 1 aliphatic heterocycles. The summed E-state index contributed by atoms with van der Waals surface area (Å²) in [5.41, 5.74) is 0.920. The fraction of sp³-hybridized carbons (Fsp3) is 0.214. The number of nitrogens with zero attached hydrogens (tertiary/aromatic N) is 1. The first-order chi connectivity index (χ1) is 10.0. The lowest BCUT2D eigenvalue weighted by Crippen LogP contribution is -2.46. The van der Waals surface area contributed by atoms with Gasteiger partial charge >= 0.3 is 15.8 Å². The topological polar surface area (TPSA) is 59.3 Å². The van der Waals surface area contributed by atoms with Crippen LogP contribution < -0.4 is 14.0 Å². The highest BCUT2D eigenvalue weighted by atomic mass is 35.5. The third kappa shape index (κ3) is 3.28. The quantitative estimate of drug-likeness (QED) is 0.878. The van der Waals surface area contributed by atoms with Crippen molar-refractivity contribution in [1.29, 1.82) is 0 Å². The van der Waals surface area contributed by atoms with E-state index >= 15 is 0 Å². The summed E-state index contributed by atoms with van der Waals surface area (Å²) in [6, 6.07) is 10.9. The molecule has 1 N–H and O–H groups in total. The Kier molecular flexibility index (Phi) is 3.73. The van der Waals surface area contributed by atoms with E-state index < -0.39 is 10.0 Å². The van der Waals surface area contributed by atoms with Crippen LogP contribution in [-0.4, -0.2) is 14.2 Å². The van der Waals surface area contributed by atoms with Gasteiger partial charge in [0.2, 0.25) is 5.75 Å². The maximum Gasteiger partial charge on any atom is 0.332 e. The summed E-state index contributed by atoms with van der Waals surface area (Å²) in [5.74, 6) is 1.04. The Morgan fingerprint density at radius 2 is 2.14 bits per heavy atom. The SMILES string of the molecule is O=S1(=O)CC[n+]2cccc(OCc3cccc(Cl)c3)c2N1. The van der Waals surface area contributed by atoms with Gasteiger partial charge in [-0.25, -0.2) is 4.57 Å². The van der Waals surface area contributed by atoms with Crippen molar-refractivity contribution in [1.82, 2.24) is 0 Å². The van der Waals surface area contributed by atoms with E-state index in [2.05, 4.69) is 4.72 Å². The van der Waals surface area contributed by atoms with Crippen LogP contribution >= 0.6 is 11.6 Å². The number of halogens is 1. The fourth-order valence-corrected chi connectivity index (χ4v) is 3.41. The highest BCUT2D eigenvalue weighted by molar-refractivity contribution is 7.92. The largest absolute Gasteiger partial charge is 0.481 e. The molecule has 0 bridgehead atoms. The number of rotatable bonds is 3. The summed E-state index contributed by atoms with van der Waals surface area (Å²) >= 11 is 5.93. The summed E-state index contributed by atoms with van der Waals surface area (Å²) < 4.78 is 33.5. The third-order valence-electron chi connectivity index (χ3n) is 3.17. The fourth-order valence-electron chi connectivity index (χ4n) is 2.15. The first-order valence-electron chi connectivity index (χ1n) is 6.44. The Morgan fingerprint density at radius 1 is 1.29 bits per heavy atom. The molecule has 2 heterocycles. The van der Waals surface area contributed by atoms with Crippen molar-refractivity contribution in [3.63, 3.8) is 0 Å². The average Bonchev–Trinajstić information content (AvgIpc) is 2.44. The first-order valence-corrected chi connectivity index (χ1v) is 8.47. The number of aromatic nitrogens is 1. The predicted molar refractivity (Wildman–Crippen MR) is 79.8 cm³/mol. The number of benzene rings is 1. The van der Waals surface area contributed by atoms with Gasteiger partial charge in [0, 0.05) is 5.02 Å². The van der Waals surface area contributed by atoms with Crippen LogP contribution in [0.4, 0.5) is 5.82 Å². The molecule has 0 radical (unpaired) electrons. The maximum atomic E-state index is 11.7. The van der Waals surface area contributed by atoms with Crippen molar-refractivity contribution in [2.24, 2.45) is 0 Å². The Balaban J connectivity index is 1.83. The second-order valence-electron chi connectivity index (χ2n) is 4.75. The van der Waals surface area contributed by atoms with Crippen LogP contribution in [0.25, 0.3) is 0 Å². The smallest absolute Gasteiger partial charge is 0.332 e. The molecule has 0 saturated carbocycles. The van der Waals surface area contributed by atoms with Crippen molar-refractivity contribution >= 4 is 27.4 Å². The number of ether oxygens (including phenoxy) is 1. The molecule has 0 saturated heterocycles. The molecule has 7 heteroatoms. The van der Waals surface area contributed by atoms with Crippen LogP contribution in [0.1, 0.15) is 5.56 Å². The molecule has 0 atom stereocenters. The molecule has 0 unspecified atom stereocenters. The standard InChI is InChI=1S/C14H13ClN2O3S/c15-12-4-1-3-11(9-12)10-20-13-5-2-6-17-7-8-21(18,19)16-14(13)17/h1-6,9H,7-8,10H2/p+1. The number of anilines is 1. The van der Waals surface area contributed by atoms with Crippen LogP contribution in [0.2, 0.25) is 5.02 Å². The van der Waals surface area contributed by atoms with Crippen LogP contribution in [0, 0.1) is 0 Å². The van der Waals surface area contributed by atoms with Gasteiger partial charge in [-0.1, -0.05) is 23.7 Å². The van der Waals surface area contributed by atoms with E-state index in [-0.39, 0.29) is 5.75 Å². The molecule has 110 valence electrons. The molecule has 1 aliphatic rings. The number of hydrogen-bond donors (Lipinski definition) is 1. The van der Waals surface area contributed by atoms with Gasteiger partial charge < -0.3 is 4.74 Å². The Morgan fingerprint density at radius 3 is 2.95 bits per heavy atom. The molecule has 0 fully saturated rings.